The van der Waals surface area contributed by atoms with Gasteiger partial charge in [-0.15, -0.1) is 0 Å². The lowest BCUT2D eigenvalue weighted by molar-refractivity contribution is 0.0196. The quantitative estimate of drug-likeness (QED) is 0.0797. The maximum Gasteiger partial charge on any atom is 0.142 e. The first kappa shape index (κ1) is 63.6. The van der Waals surface area contributed by atoms with E-state index in [0.717, 1.165) is 169 Å². The number of hydrogen-bond acceptors (Lipinski definition) is 12. The highest BCUT2D eigenvalue weighted by atomic mass is 16.5. The van der Waals surface area contributed by atoms with E-state index < -0.39 is 0 Å². The van der Waals surface area contributed by atoms with Crippen molar-refractivity contribution < 1.29 is 39.4 Å². The average molecular weight is 1160 g/mol. The standard InChI is InChI=1S/C72H108N4O8/c1-17-21-25-29-45-49-33-54(66-57(61(49)77)37-73(42-82-66)69(5,6)7)47(31-27-23-19-3)51-35-56(68-59(63(51)79)39-75(44-84-68)71(11,12)13)48(32-28-24-20-4)52-36-55(67-60(64(52)80)40-76(43-83-67)72(14,15)16)46(30-26-22-18-2)50-34-53(45)65-58(62(50)78)38-74(41-81-65)70(8,9)10/h33-36,45-48,77-80H,17-32,37-44H2,1-16H3/t45-,46-,47-,48-/m0/s1. The van der Waals surface area contributed by atoms with Crippen LogP contribution in [-0.2, 0) is 26.2 Å². The van der Waals surface area contributed by atoms with Crippen LogP contribution in [0.15, 0.2) is 24.3 Å². The van der Waals surface area contributed by atoms with Gasteiger partial charge in [0.25, 0.3) is 0 Å². The van der Waals surface area contributed by atoms with E-state index >= 15 is 0 Å². The highest BCUT2D eigenvalue weighted by Gasteiger charge is 2.43. The zero-order chi connectivity index (χ0) is 60.8. The van der Waals surface area contributed by atoms with Gasteiger partial charge < -0.3 is 39.4 Å². The SMILES string of the molecule is CCCCC[C@H]1c2cc(c3c(c2O)CN(C(C)(C)C)CO3)[C@@H](CCCCC)c2cc(c3c(c2O)CN(C(C)(C)C)CO3)[C@@H](CCCCC)c2cc(c3c(c2O)CN(C(C)(C)C)CO3)[C@@H](CCCCC)c2cc1c1c(c2O)CN(C(C)(C)C)CO1. The van der Waals surface area contributed by atoms with Crippen molar-refractivity contribution in [3.8, 4) is 46.0 Å². The molecule has 0 amide bonds. The summed E-state index contributed by atoms with van der Waals surface area (Å²) in [6, 6.07) is 9.04. The Labute approximate surface area is 506 Å². The number of ether oxygens (including phenoxy) is 4. The van der Waals surface area contributed by atoms with E-state index in [1.807, 2.05) is 0 Å². The summed E-state index contributed by atoms with van der Waals surface area (Å²) >= 11 is 0. The van der Waals surface area contributed by atoms with Crippen LogP contribution in [0.4, 0.5) is 0 Å². The van der Waals surface area contributed by atoms with Crippen LogP contribution in [0.5, 0.6) is 46.0 Å². The second kappa shape index (κ2) is 25.4. The van der Waals surface area contributed by atoms with E-state index in [1.54, 1.807) is 0 Å². The summed E-state index contributed by atoms with van der Waals surface area (Å²) in [5, 5.41) is 54.1. The minimum absolute atomic E-state index is 0.238. The van der Waals surface area contributed by atoms with Crippen molar-refractivity contribution in [1.29, 1.82) is 0 Å². The number of phenols is 4. The van der Waals surface area contributed by atoms with Crippen LogP contribution in [0, 0.1) is 0 Å². The maximum absolute atomic E-state index is 13.5. The molecule has 4 aliphatic heterocycles. The van der Waals surface area contributed by atoms with Crippen LogP contribution in [0.3, 0.4) is 0 Å². The lowest BCUT2D eigenvalue weighted by atomic mass is 9.74. The Morgan fingerprint density at radius 1 is 0.321 bits per heavy atom. The van der Waals surface area contributed by atoms with Crippen molar-refractivity contribution in [2.75, 3.05) is 26.9 Å². The number of fused-ring (bicyclic) bond motifs is 16. The van der Waals surface area contributed by atoms with Gasteiger partial charge in [0.1, 0.15) is 72.9 Å². The second-order valence-corrected chi connectivity index (χ2v) is 29.6. The molecule has 12 nitrogen and oxygen atoms in total. The second-order valence-electron chi connectivity index (χ2n) is 29.6. The Morgan fingerprint density at radius 2 is 0.512 bits per heavy atom. The van der Waals surface area contributed by atoms with Gasteiger partial charge in [-0.2, -0.15) is 0 Å². The fourth-order valence-corrected chi connectivity index (χ4v) is 13.9. The van der Waals surface area contributed by atoms with E-state index in [2.05, 4.69) is 155 Å². The van der Waals surface area contributed by atoms with Gasteiger partial charge in [0, 0.05) is 117 Å². The molecule has 0 spiro atoms. The van der Waals surface area contributed by atoms with E-state index in [0.29, 0.717) is 76.1 Å². The number of benzene rings is 4. The smallest absolute Gasteiger partial charge is 0.142 e. The predicted octanol–water partition coefficient (Wildman–Crippen LogP) is 17.5. The van der Waals surface area contributed by atoms with Crippen LogP contribution < -0.4 is 18.9 Å². The summed E-state index contributed by atoms with van der Waals surface area (Å²) in [5.74, 6) is 2.30. The van der Waals surface area contributed by atoms with Crippen LogP contribution in [-0.4, -0.2) is 89.1 Å². The van der Waals surface area contributed by atoms with Crippen molar-refractivity contribution in [3.63, 3.8) is 0 Å². The molecule has 5 aliphatic rings. The van der Waals surface area contributed by atoms with Gasteiger partial charge in [0.05, 0.1) is 22.3 Å². The maximum atomic E-state index is 13.5. The summed E-state index contributed by atoms with van der Waals surface area (Å²) in [7, 11) is 0. The zero-order valence-electron chi connectivity index (χ0n) is 54.8. The molecule has 0 saturated heterocycles. The Bertz CT molecular complexity index is 2580. The normalized spacial score (nSPS) is 20.7. The molecule has 4 aromatic carbocycles. The molecule has 0 aromatic heterocycles. The predicted molar refractivity (Wildman–Crippen MR) is 340 cm³/mol. The third-order valence-electron chi connectivity index (χ3n) is 19.7. The number of hydrogen-bond donors (Lipinski definition) is 4. The first-order valence-corrected chi connectivity index (χ1v) is 32.8. The molecule has 0 unspecified atom stereocenters. The van der Waals surface area contributed by atoms with Crippen molar-refractivity contribution in [2.24, 2.45) is 0 Å². The van der Waals surface area contributed by atoms with E-state index in [1.165, 1.54) is 0 Å². The molecule has 4 N–H and O–H groups in total. The van der Waals surface area contributed by atoms with Crippen molar-refractivity contribution in [3.05, 3.63) is 91.0 Å². The van der Waals surface area contributed by atoms with E-state index in [4.69, 9.17) is 18.9 Å². The number of unbranched alkanes of at least 4 members (excludes halogenated alkanes) is 8. The molecular weight excluding hydrogens is 1050 g/mol. The Hall–Kier alpha value is -4.88. The van der Waals surface area contributed by atoms with Gasteiger partial charge in [-0.25, -0.2) is 0 Å². The topological polar surface area (TPSA) is 131 Å². The lowest BCUT2D eigenvalue weighted by Gasteiger charge is -2.42. The molecule has 0 radical (unpaired) electrons. The summed E-state index contributed by atoms with van der Waals surface area (Å²) in [6.45, 7) is 38.7. The molecule has 0 saturated carbocycles. The number of aromatic hydroxyl groups is 4. The third kappa shape index (κ3) is 12.8. The highest BCUT2D eigenvalue weighted by Crippen LogP contribution is 2.58. The van der Waals surface area contributed by atoms with Gasteiger partial charge in [-0.3, -0.25) is 19.6 Å². The Morgan fingerprint density at radius 3 is 0.679 bits per heavy atom. The minimum atomic E-state index is -0.356. The first-order chi connectivity index (χ1) is 39.7. The van der Waals surface area contributed by atoms with Crippen LogP contribution in [0.25, 0.3) is 0 Å². The summed E-state index contributed by atoms with van der Waals surface area (Å²) in [4.78, 5) is 9.21. The third-order valence-corrected chi connectivity index (χ3v) is 19.7. The molecule has 0 fully saturated rings. The summed E-state index contributed by atoms with van der Waals surface area (Å²) in [6.07, 6.45) is 14.6. The van der Waals surface area contributed by atoms with Crippen LogP contribution in [0.2, 0.25) is 0 Å². The number of phenolic OH excluding ortho intramolecular Hbond substituents is 4. The molecule has 12 heteroatoms. The molecule has 9 rings (SSSR count). The van der Waals surface area contributed by atoms with Crippen LogP contribution >= 0.6 is 0 Å². The average Bonchev–Trinajstić information content (AvgIpc) is 1.01. The van der Waals surface area contributed by atoms with Crippen LogP contribution in [0.1, 0.15) is 304 Å². The number of nitrogens with zero attached hydrogens (tertiary/aromatic N) is 4. The fourth-order valence-electron chi connectivity index (χ4n) is 13.9. The molecule has 4 heterocycles. The molecule has 1 aliphatic carbocycles. The molecule has 4 aromatic rings. The van der Waals surface area contributed by atoms with Crippen molar-refractivity contribution in [1.82, 2.24) is 19.6 Å². The largest absolute Gasteiger partial charge is 0.507 e. The molecular formula is C72H108N4O8. The van der Waals surface area contributed by atoms with E-state index in [9.17, 15) is 20.4 Å². The van der Waals surface area contributed by atoms with Gasteiger partial charge in [0.2, 0.25) is 0 Å². The van der Waals surface area contributed by atoms with Gasteiger partial charge >= 0.3 is 0 Å². The first-order valence-electron chi connectivity index (χ1n) is 32.8. The molecule has 4 atom stereocenters. The van der Waals surface area contributed by atoms with E-state index in [-0.39, 0.29) is 68.8 Å². The van der Waals surface area contributed by atoms with Crippen molar-refractivity contribution >= 4 is 0 Å². The fraction of sp³-hybridized carbons (Fsp3) is 0.667. The molecule has 8 bridgehead atoms. The summed E-state index contributed by atoms with van der Waals surface area (Å²) < 4.78 is 28.5. The molecule has 84 heavy (non-hydrogen) atoms. The Balaban J connectivity index is 1.50. The molecule has 464 valence electrons. The highest BCUT2D eigenvalue weighted by molar-refractivity contribution is 5.69. The van der Waals surface area contributed by atoms with Gasteiger partial charge in [-0.1, -0.05) is 105 Å². The summed E-state index contributed by atoms with van der Waals surface area (Å²) in [5.41, 5.74) is 9.12. The van der Waals surface area contributed by atoms with Crippen molar-refractivity contribution in [2.45, 2.75) is 286 Å². The lowest BCUT2D eigenvalue weighted by Crippen LogP contribution is -2.45. The number of rotatable bonds is 16. The minimum Gasteiger partial charge on any atom is -0.507 e. The monoisotopic (exact) mass is 1160 g/mol. The Kier molecular flexibility index (Phi) is 19.3. The van der Waals surface area contributed by atoms with Gasteiger partial charge in [-0.05, 0) is 133 Å². The zero-order valence-corrected chi connectivity index (χ0v) is 54.8. The van der Waals surface area contributed by atoms with Gasteiger partial charge in [0.15, 0.2) is 0 Å².